The number of hydrogen-bond donors (Lipinski definition) is 1. The van der Waals surface area contributed by atoms with E-state index in [4.69, 9.17) is 16.0 Å². The maximum atomic E-state index is 13.2. The Balaban J connectivity index is 1.61. The minimum absolute atomic E-state index is 0.0401. The van der Waals surface area contributed by atoms with E-state index >= 15 is 0 Å². The topological polar surface area (TPSA) is 89.3 Å². The van der Waals surface area contributed by atoms with Gasteiger partial charge in [0.15, 0.2) is 5.78 Å². The summed E-state index contributed by atoms with van der Waals surface area (Å²) in [4.78, 5) is 16.3. The maximum Gasteiger partial charge on any atom is 0.240 e. The lowest BCUT2D eigenvalue weighted by Gasteiger charge is -2.09. The second-order valence-corrected chi connectivity index (χ2v) is 8.67. The Morgan fingerprint density at radius 1 is 1.28 bits per heavy atom. The number of hydrogen-bond acceptors (Lipinski definition) is 5. The first-order valence-electron chi connectivity index (χ1n) is 8.72. The number of Topliss-reactive ketones (excluding diaryl/α,β-unsaturated/α-hetero) is 1. The van der Waals surface area contributed by atoms with E-state index in [2.05, 4.69) is 9.71 Å². The predicted octanol–water partition coefficient (Wildman–Crippen LogP) is 4.32. The molecule has 0 amide bonds. The van der Waals surface area contributed by atoms with Gasteiger partial charge in [-0.1, -0.05) is 24.6 Å². The molecule has 3 rings (SSSR count). The maximum absolute atomic E-state index is 13.2. The Morgan fingerprint density at radius 2 is 2.07 bits per heavy atom. The van der Waals surface area contributed by atoms with Crippen LogP contribution in [-0.4, -0.2) is 19.2 Å². The molecule has 0 bridgehead atoms. The van der Waals surface area contributed by atoms with Crippen molar-refractivity contribution in [3.8, 4) is 0 Å². The lowest BCUT2D eigenvalue weighted by molar-refractivity contribution is 0.0968. The van der Waals surface area contributed by atoms with Crippen LogP contribution in [0.3, 0.4) is 0 Å². The number of halogens is 2. The highest BCUT2D eigenvalue weighted by Crippen LogP contribution is 2.22. The summed E-state index contributed by atoms with van der Waals surface area (Å²) in [5.41, 5.74) is 0.859. The molecule has 152 valence electrons. The van der Waals surface area contributed by atoms with Crippen LogP contribution in [-0.2, 0) is 16.6 Å². The van der Waals surface area contributed by atoms with Gasteiger partial charge in [-0.05, 0) is 42.0 Å². The number of sulfonamides is 1. The van der Waals surface area contributed by atoms with Crippen molar-refractivity contribution >= 4 is 27.4 Å². The van der Waals surface area contributed by atoms with Crippen molar-refractivity contribution < 1.29 is 22.0 Å². The molecule has 1 atom stereocenters. The Kier molecular flexibility index (Phi) is 6.46. The van der Waals surface area contributed by atoms with E-state index in [0.29, 0.717) is 11.3 Å². The molecule has 9 heteroatoms. The van der Waals surface area contributed by atoms with Crippen molar-refractivity contribution in [2.75, 3.05) is 0 Å². The molecule has 3 aromatic rings. The van der Waals surface area contributed by atoms with Crippen LogP contribution in [0, 0.1) is 5.82 Å². The molecule has 0 aliphatic carbocycles. The number of benzene rings is 1. The average Bonchev–Trinajstić information content (AvgIpc) is 3.24. The van der Waals surface area contributed by atoms with Gasteiger partial charge in [0.1, 0.15) is 17.3 Å². The first kappa shape index (κ1) is 21.2. The van der Waals surface area contributed by atoms with Crippen LogP contribution in [0.15, 0.2) is 64.2 Å². The summed E-state index contributed by atoms with van der Waals surface area (Å²) in [6.07, 6.45) is 3.24. The highest BCUT2D eigenvalue weighted by atomic mass is 35.5. The molecule has 1 unspecified atom stereocenters. The molecule has 1 aromatic carbocycles. The van der Waals surface area contributed by atoms with Crippen LogP contribution in [0.1, 0.15) is 41.1 Å². The Hall–Kier alpha value is -2.55. The van der Waals surface area contributed by atoms with Gasteiger partial charge in [0.05, 0.1) is 16.2 Å². The molecule has 1 N–H and O–H groups in total. The van der Waals surface area contributed by atoms with E-state index in [1.165, 1.54) is 6.20 Å². The monoisotopic (exact) mass is 436 g/mol. The molecule has 2 heterocycles. The number of rotatable bonds is 8. The number of nitrogens with zero attached hydrogens (tertiary/aromatic N) is 1. The van der Waals surface area contributed by atoms with Crippen LogP contribution in [0.5, 0.6) is 0 Å². The Bertz CT molecular complexity index is 1100. The zero-order chi connectivity index (χ0) is 21.0. The van der Waals surface area contributed by atoms with E-state index in [0.717, 1.165) is 24.0 Å². The van der Waals surface area contributed by atoms with Crippen molar-refractivity contribution in [2.45, 2.75) is 30.7 Å². The Labute approximate surface area is 172 Å². The second kappa shape index (κ2) is 8.86. The molecular weight excluding hydrogens is 419 g/mol. The zero-order valence-corrected chi connectivity index (χ0v) is 17.0. The third kappa shape index (κ3) is 5.29. The van der Waals surface area contributed by atoms with Gasteiger partial charge in [-0.2, -0.15) is 0 Å². The van der Waals surface area contributed by atoms with E-state index in [1.807, 2.05) is 13.0 Å². The fourth-order valence-corrected chi connectivity index (χ4v) is 3.94. The standard InChI is InChI=1S/C20H18ClFN2O4S/c1-13(20-3-2-8-28-20)9-19(25)18-7-4-14(11-23-18)12-24-29(26,27)15-5-6-17(22)16(21)10-15/h2-8,10-11,13,24H,9,12H2,1H3. The van der Waals surface area contributed by atoms with Crippen LogP contribution in [0.4, 0.5) is 4.39 Å². The number of carbonyl (C=O) groups is 1. The highest BCUT2D eigenvalue weighted by molar-refractivity contribution is 7.89. The predicted molar refractivity (Wildman–Crippen MR) is 106 cm³/mol. The summed E-state index contributed by atoms with van der Waals surface area (Å²) in [7, 11) is -3.87. The van der Waals surface area contributed by atoms with Gasteiger partial charge in [-0.25, -0.2) is 17.5 Å². The van der Waals surface area contributed by atoms with Gasteiger partial charge in [0, 0.05) is 25.1 Å². The molecule has 0 saturated heterocycles. The zero-order valence-electron chi connectivity index (χ0n) is 15.4. The summed E-state index contributed by atoms with van der Waals surface area (Å²) in [6.45, 7) is 1.85. The van der Waals surface area contributed by atoms with Crippen molar-refractivity contribution in [2.24, 2.45) is 0 Å². The van der Waals surface area contributed by atoms with Crippen LogP contribution in [0.25, 0.3) is 0 Å². The molecule has 2 aromatic heterocycles. The van der Waals surface area contributed by atoms with Gasteiger partial charge >= 0.3 is 0 Å². The quantitative estimate of drug-likeness (QED) is 0.531. The first-order valence-corrected chi connectivity index (χ1v) is 10.6. The first-order chi connectivity index (χ1) is 13.8. The van der Waals surface area contributed by atoms with Crippen molar-refractivity contribution in [3.63, 3.8) is 0 Å². The molecule has 29 heavy (non-hydrogen) atoms. The van der Waals surface area contributed by atoms with Gasteiger partial charge in [-0.3, -0.25) is 9.78 Å². The summed E-state index contributed by atoms with van der Waals surface area (Å²) in [5, 5.41) is -0.277. The largest absolute Gasteiger partial charge is 0.469 e. The van der Waals surface area contributed by atoms with E-state index in [9.17, 15) is 17.6 Å². The third-order valence-electron chi connectivity index (χ3n) is 4.30. The van der Waals surface area contributed by atoms with Crippen LogP contribution < -0.4 is 4.72 Å². The molecule has 0 saturated carbocycles. The normalized spacial score (nSPS) is 12.7. The summed E-state index contributed by atoms with van der Waals surface area (Å²) in [6, 6.07) is 9.92. The lowest BCUT2D eigenvalue weighted by atomic mass is 10.00. The second-order valence-electron chi connectivity index (χ2n) is 6.50. The number of furan rings is 1. The van der Waals surface area contributed by atoms with Gasteiger partial charge in [-0.15, -0.1) is 0 Å². The third-order valence-corrected chi connectivity index (χ3v) is 5.99. The molecule has 0 fully saturated rings. The van der Waals surface area contributed by atoms with Gasteiger partial charge in [0.2, 0.25) is 10.0 Å². The lowest BCUT2D eigenvalue weighted by Crippen LogP contribution is -2.23. The molecule has 0 spiro atoms. The molecule has 6 nitrogen and oxygen atoms in total. The number of nitrogens with one attached hydrogen (secondary N) is 1. The van der Waals surface area contributed by atoms with E-state index in [-0.39, 0.29) is 34.6 Å². The van der Waals surface area contributed by atoms with Crippen LogP contribution in [0.2, 0.25) is 5.02 Å². The average molecular weight is 437 g/mol. The SMILES string of the molecule is CC(CC(=O)c1ccc(CNS(=O)(=O)c2ccc(F)c(Cl)c2)cn1)c1ccco1. The van der Waals surface area contributed by atoms with E-state index in [1.54, 1.807) is 24.5 Å². The van der Waals surface area contributed by atoms with Crippen molar-refractivity contribution in [1.82, 2.24) is 9.71 Å². The van der Waals surface area contributed by atoms with Crippen molar-refractivity contribution in [3.05, 3.63) is 82.8 Å². The molecule has 0 aliphatic rings. The smallest absolute Gasteiger partial charge is 0.240 e. The highest BCUT2D eigenvalue weighted by Gasteiger charge is 2.17. The molecule has 0 aliphatic heterocycles. The Morgan fingerprint density at radius 3 is 2.69 bits per heavy atom. The van der Waals surface area contributed by atoms with Gasteiger partial charge < -0.3 is 4.42 Å². The fraction of sp³-hybridized carbons (Fsp3) is 0.200. The van der Waals surface area contributed by atoms with Gasteiger partial charge in [0.25, 0.3) is 0 Å². The minimum atomic E-state index is -3.87. The fourth-order valence-electron chi connectivity index (χ4n) is 2.65. The number of pyridine rings is 1. The summed E-state index contributed by atoms with van der Waals surface area (Å²) < 4.78 is 45.5. The molecule has 0 radical (unpaired) electrons. The van der Waals surface area contributed by atoms with E-state index < -0.39 is 15.8 Å². The summed E-state index contributed by atoms with van der Waals surface area (Å²) >= 11 is 5.64. The molecular formula is C20H18ClFN2O4S. The summed E-state index contributed by atoms with van der Waals surface area (Å²) in [5.74, 6) is -0.183. The number of ketones is 1. The van der Waals surface area contributed by atoms with Crippen molar-refractivity contribution in [1.29, 1.82) is 0 Å². The van der Waals surface area contributed by atoms with Crippen LogP contribution >= 0.6 is 11.6 Å². The number of carbonyl (C=O) groups excluding carboxylic acids is 1. The number of aromatic nitrogens is 1. The minimum Gasteiger partial charge on any atom is -0.469 e.